The van der Waals surface area contributed by atoms with Crippen LogP contribution in [0.4, 0.5) is 5.13 Å². The van der Waals surface area contributed by atoms with Crippen LogP contribution in [0.15, 0.2) is 66.2 Å². The van der Waals surface area contributed by atoms with Crippen molar-refractivity contribution < 1.29 is 14.7 Å². The van der Waals surface area contributed by atoms with Crippen molar-refractivity contribution in [1.29, 1.82) is 0 Å². The molecule has 6 nitrogen and oxygen atoms in total. The van der Waals surface area contributed by atoms with E-state index in [1.165, 1.54) is 16.2 Å². The lowest BCUT2D eigenvalue weighted by molar-refractivity contribution is -0.132. The number of carbonyl (C=O) groups excluding carboxylic acids is 2. The number of ketones is 1. The molecule has 0 saturated carbocycles. The summed E-state index contributed by atoms with van der Waals surface area (Å²) in [6.45, 7) is 1.95. The first kappa shape index (κ1) is 18.1. The van der Waals surface area contributed by atoms with Crippen molar-refractivity contribution in [3.8, 4) is 0 Å². The molecule has 1 amide bonds. The van der Waals surface area contributed by atoms with Crippen molar-refractivity contribution in [2.75, 3.05) is 4.90 Å². The number of aliphatic hydroxyl groups is 1. The second kappa shape index (κ2) is 7.36. The van der Waals surface area contributed by atoms with Crippen molar-refractivity contribution in [1.82, 2.24) is 10.2 Å². The SMILES string of the molecule is CCc1nnc(N2C(=O)C(=O)/C(=C(/O)c3ccccc3)C2c2ccccc2)s1. The molecule has 1 atom stereocenters. The van der Waals surface area contributed by atoms with Crippen molar-refractivity contribution in [2.24, 2.45) is 0 Å². The molecule has 2 aromatic carbocycles. The fraction of sp³-hybridized carbons (Fsp3) is 0.143. The Kier molecular flexibility index (Phi) is 4.75. The van der Waals surface area contributed by atoms with Gasteiger partial charge in [-0.2, -0.15) is 0 Å². The smallest absolute Gasteiger partial charge is 0.301 e. The number of anilines is 1. The molecule has 28 heavy (non-hydrogen) atoms. The van der Waals surface area contributed by atoms with Crippen LogP contribution < -0.4 is 4.90 Å². The summed E-state index contributed by atoms with van der Waals surface area (Å²) in [6, 6.07) is 17.1. The zero-order valence-corrected chi connectivity index (χ0v) is 15.9. The number of Topliss-reactive ketones (excluding diaryl/α,β-unsaturated/α-hetero) is 1. The number of aryl methyl sites for hydroxylation is 1. The van der Waals surface area contributed by atoms with Crippen LogP contribution >= 0.6 is 11.3 Å². The number of hydrogen-bond acceptors (Lipinski definition) is 6. The van der Waals surface area contributed by atoms with Gasteiger partial charge in [0.2, 0.25) is 5.13 Å². The number of aliphatic hydroxyl groups excluding tert-OH is 1. The Morgan fingerprint density at radius 3 is 2.29 bits per heavy atom. The van der Waals surface area contributed by atoms with E-state index >= 15 is 0 Å². The van der Waals surface area contributed by atoms with Crippen LogP contribution in [0.3, 0.4) is 0 Å². The minimum atomic E-state index is -0.765. The number of aromatic nitrogens is 2. The quantitative estimate of drug-likeness (QED) is 0.416. The highest BCUT2D eigenvalue weighted by Gasteiger charge is 2.48. The third-order valence-electron chi connectivity index (χ3n) is 4.57. The Morgan fingerprint density at radius 2 is 1.68 bits per heavy atom. The van der Waals surface area contributed by atoms with E-state index in [0.717, 1.165) is 5.01 Å². The molecule has 0 bridgehead atoms. The molecule has 1 aliphatic rings. The minimum Gasteiger partial charge on any atom is -0.507 e. The zero-order valence-electron chi connectivity index (χ0n) is 15.1. The fourth-order valence-electron chi connectivity index (χ4n) is 3.22. The summed E-state index contributed by atoms with van der Waals surface area (Å²) < 4.78 is 0. The topological polar surface area (TPSA) is 83.4 Å². The number of carbonyl (C=O) groups is 2. The van der Waals surface area contributed by atoms with Gasteiger partial charge in [0.25, 0.3) is 5.78 Å². The van der Waals surface area contributed by atoms with Gasteiger partial charge < -0.3 is 5.11 Å². The number of hydrogen-bond donors (Lipinski definition) is 1. The molecule has 2 heterocycles. The van der Waals surface area contributed by atoms with Gasteiger partial charge in [0.05, 0.1) is 11.6 Å². The van der Waals surface area contributed by atoms with E-state index in [4.69, 9.17) is 0 Å². The first-order valence-electron chi connectivity index (χ1n) is 8.85. The second-order valence-corrected chi connectivity index (χ2v) is 7.32. The molecular weight excluding hydrogens is 374 g/mol. The van der Waals surface area contributed by atoms with E-state index in [2.05, 4.69) is 10.2 Å². The van der Waals surface area contributed by atoms with E-state index in [1.807, 2.05) is 43.3 Å². The van der Waals surface area contributed by atoms with Crippen LogP contribution in [-0.2, 0) is 16.0 Å². The van der Waals surface area contributed by atoms with Crippen molar-refractivity contribution >= 4 is 33.9 Å². The molecule has 1 fully saturated rings. The lowest BCUT2D eigenvalue weighted by Gasteiger charge is -2.22. The normalized spacial score (nSPS) is 18.6. The molecule has 4 rings (SSSR count). The van der Waals surface area contributed by atoms with Gasteiger partial charge in [-0.15, -0.1) is 10.2 Å². The number of rotatable bonds is 4. The van der Waals surface area contributed by atoms with Crippen LogP contribution in [-0.4, -0.2) is 27.0 Å². The Hall–Kier alpha value is -3.32. The van der Waals surface area contributed by atoms with Crippen LogP contribution in [0.1, 0.15) is 29.1 Å². The molecule has 1 unspecified atom stereocenters. The molecule has 1 saturated heterocycles. The molecule has 1 aliphatic heterocycles. The molecule has 1 aromatic heterocycles. The first-order valence-corrected chi connectivity index (χ1v) is 9.67. The van der Waals surface area contributed by atoms with E-state index < -0.39 is 17.7 Å². The Bertz CT molecular complexity index is 1060. The molecule has 1 N–H and O–H groups in total. The van der Waals surface area contributed by atoms with Crippen LogP contribution in [0.2, 0.25) is 0 Å². The fourth-order valence-corrected chi connectivity index (χ4v) is 4.02. The summed E-state index contributed by atoms with van der Waals surface area (Å²) >= 11 is 1.27. The third kappa shape index (κ3) is 2.99. The zero-order chi connectivity index (χ0) is 19.7. The van der Waals surface area contributed by atoms with Gasteiger partial charge in [-0.1, -0.05) is 78.9 Å². The number of nitrogens with zero attached hydrogens (tertiary/aromatic N) is 3. The highest BCUT2D eigenvalue weighted by atomic mass is 32.1. The molecule has 3 aromatic rings. The third-order valence-corrected chi connectivity index (χ3v) is 5.64. The summed E-state index contributed by atoms with van der Waals surface area (Å²) in [7, 11) is 0. The Labute approximate surface area is 165 Å². The molecule has 140 valence electrons. The van der Waals surface area contributed by atoms with Crippen molar-refractivity contribution in [3.05, 3.63) is 82.4 Å². The Morgan fingerprint density at radius 1 is 1.04 bits per heavy atom. The van der Waals surface area contributed by atoms with Gasteiger partial charge in [0.1, 0.15) is 10.8 Å². The van der Waals surface area contributed by atoms with Gasteiger partial charge in [0.15, 0.2) is 0 Å². The van der Waals surface area contributed by atoms with E-state index in [-0.39, 0.29) is 11.3 Å². The Balaban J connectivity index is 1.92. The van der Waals surface area contributed by atoms with Crippen LogP contribution in [0, 0.1) is 0 Å². The van der Waals surface area contributed by atoms with E-state index in [0.29, 0.717) is 22.7 Å². The monoisotopic (exact) mass is 391 g/mol. The summed E-state index contributed by atoms with van der Waals surface area (Å²) in [6.07, 6.45) is 0.682. The summed E-state index contributed by atoms with van der Waals surface area (Å²) in [5.74, 6) is -1.65. The second-order valence-electron chi connectivity index (χ2n) is 6.28. The van der Waals surface area contributed by atoms with E-state index in [1.54, 1.807) is 24.3 Å². The van der Waals surface area contributed by atoms with Crippen molar-refractivity contribution in [3.63, 3.8) is 0 Å². The minimum absolute atomic E-state index is 0.0515. The largest absolute Gasteiger partial charge is 0.507 e. The predicted molar refractivity (Wildman–Crippen MR) is 107 cm³/mol. The molecule has 0 radical (unpaired) electrons. The maximum atomic E-state index is 12.9. The van der Waals surface area contributed by atoms with Gasteiger partial charge in [-0.3, -0.25) is 14.5 Å². The van der Waals surface area contributed by atoms with Gasteiger partial charge in [-0.25, -0.2) is 0 Å². The average molecular weight is 391 g/mol. The van der Waals surface area contributed by atoms with Gasteiger partial charge >= 0.3 is 5.91 Å². The number of benzene rings is 2. The molecule has 7 heteroatoms. The molecular formula is C21H17N3O3S. The highest BCUT2D eigenvalue weighted by Crippen LogP contribution is 2.42. The summed E-state index contributed by atoms with van der Waals surface area (Å²) in [5, 5.41) is 20.2. The molecule has 0 aliphatic carbocycles. The lowest BCUT2D eigenvalue weighted by atomic mass is 9.95. The molecule has 0 spiro atoms. The maximum Gasteiger partial charge on any atom is 0.301 e. The lowest BCUT2D eigenvalue weighted by Crippen LogP contribution is -2.29. The average Bonchev–Trinajstić information content (AvgIpc) is 3.31. The summed E-state index contributed by atoms with van der Waals surface area (Å²) in [5.41, 5.74) is 1.25. The van der Waals surface area contributed by atoms with Crippen molar-refractivity contribution in [2.45, 2.75) is 19.4 Å². The predicted octanol–water partition coefficient (Wildman–Crippen LogP) is 3.73. The van der Waals surface area contributed by atoms with Gasteiger partial charge in [-0.05, 0) is 12.0 Å². The van der Waals surface area contributed by atoms with Gasteiger partial charge in [0, 0.05) is 5.56 Å². The standard InChI is InChI=1S/C21H17N3O3S/c1-2-15-22-23-21(28-15)24-17(13-9-5-3-6-10-13)16(19(26)20(24)27)18(25)14-11-7-4-8-12-14/h3-12,17,25H,2H2,1H3/b18-16+. The highest BCUT2D eigenvalue weighted by molar-refractivity contribution is 7.15. The number of amides is 1. The maximum absolute atomic E-state index is 12.9. The van der Waals surface area contributed by atoms with Crippen LogP contribution in [0.5, 0.6) is 0 Å². The van der Waals surface area contributed by atoms with Crippen LogP contribution in [0.25, 0.3) is 5.76 Å². The van der Waals surface area contributed by atoms with E-state index in [9.17, 15) is 14.7 Å². The summed E-state index contributed by atoms with van der Waals surface area (Å²) in [4.78, 5) is 27.2. The first-order chi connectivity index (χ1) is 13.6.